The van der Waals surface area contributed by atoms with E-state index >= 15 is 0 Å². The molecule has 0 aliphatic rings. The Morgan fingerprint density at radius 1 is 1.00 bits per heavy atom. The van der Waals surface area contributed by atoms with Crippen LogP contribution in [0.25, 0.3) is 16.3 Å². The molecule has 0 unspecified atom stereocenters. The van der Waals surface area contributed by atoms with E-state index in [0.29, 0.717) is 0 Å². The summed E-state index contributed by atoms with van der Waals surface area (Å²) < 4.78 is 0. The monoisotopic (exact) mass is 222 g/mol. The number of allylic oxidation sites excluding steroid dienone is 4. The molecule has 0 nitrogen and oxygen atoms in total. The Morgan fingerprint density at radius 3 is 2.35 bits per heavy atom. The highest BCUT2D eigenvalue weighted by atomic mass is 14.1. The Bertz CT molecular complexity index is 581. The van der Waals surface area contributed by atoms with Gasteiger partial charge in [0.15, 0.2) is 0 Å². The largest absolute Gasteiger partial charge is 0.0871 e. The van der Waals surface area contributed by atoms with Crippen molar-refractivity contribution in [3.8, 4) is 0 Å². The Balaban J connectivity index is 2.78. The van der Waals surface area contributed by atoms with Gasteiger partial charge in [0.25, 0.3) is 0 Å². The molecule has 0 saturated carbocycles. The first-order valence-corrected chi connectivity index (χ1v) is 6.05. The minimum absolute atomic E-state index is 1.28. The Morgan fingerprint density at radius 2 is 1.71 bits per heavy atom. The van der Waals surface area contributed by atoms with Gasteiger partial charge in [-0.3, -0.25) is 0 Å². The SMILES string of the molecule is CC=CC(=CC)c1cccc2cccc(C)c12. The third-order valence-corrected chi connectivity index (χ3v) is 3.08. The van der Waals surface area contributed by atoms with E-state index in [4.69, 9.17) is 0 Å². The molecule has 0 heteroatoms. The fraction of sp³-hybridized carbons (Fsp3) is 0.176. The molecule has 2 aromatic carbocycles. The van der Waals surface area contributed by atoms with Gasteiger partial charge < -0.3 is 0 Å². The standard InChI is InChI=1S/C17H18/c1-4-8-14(5-2)16-12-7-11-15-10-6-9-13(3)17(15)16/h4-12H,1-3H3. The van der Waals surface area contributed by atoms with Gasteiger partial charge in [-0.1, -0.05) is 54.6 Å². The summed E-state index contributed by atoms with van der Waals surface area (Å²) in [7, 11) is 0. The van der Waals surface area contributed by atoms with Gasteiger partial charge in [0.2, 0.25) is 0 Å². The van der Waals surface area contributed by atoms with Gasteiger partial charge in [0, 0.05) is 0 Å². The topological polar surface area (TPSA) is 0 Å². The zero-order valence-electron chi connectivity index (χ0n) is 10.7. The quantitative estimate of drug-likeness (QED) is 0.618. The van der Waals surface area contributed by atoms with Gasteiger partial charge >= 0.3 is 0 Å². The second-order valence-electron chi connectivity index (χ2n) is 4.22. The molecule has 86 valence electrons. The van der Waals surface area contributed by atoms with E-state index in [1.807, 2.05) is 0 Å². The first-order chi connectivity index (χ1) is 8.27. The number of benzene rings is 2. The van der Waals surface area contributed by atoms with Crippen LogP contribution >= 0.6 is 0 Å². The van der Waals surface area contributed by atoms with Crippen LogP contribution in [0.2, 0.25) is 0 Å². The van der Waals surface area contributed by atoms with Crippen molar-refractivity contribution in [2.45, 2.75) is 20.8 Å². The smallest absolute Gasteiger partial charge is 0.00762 e. The van der Waals surface area contributed by atoms with Crippen LogP contribution in [0.5, 0.6) is 0 Å². The van der Waals surface area contributed by atoms with Crippen molar-refractivity contribution in [1.29, 1.82) is 0 Å². The van der Waals surface area contributed by atoms with Gasteiger partial charge in [0.1, 0.15) is 0 Å². The van der Waals surface area contributed by atoms with E-state index in [2.05, 4.69) is 75.4 Å². The van der Waals surface area contributed by atoms with E-state index < -0.39 is 0 Å². The molecule has 0 aliphatic heterocycles. The number of hydrogen-bond acceptors (Lipinski definition) is 0. The summed E-state index contributed by atoms with van der Waals surface area (Å²) in [4.78, 5) is 0. The van der Waals surface area contributed by atoms with Crippen molar-refractivity contribution in [3.05, 3.63) is 65.8 Å². The third-order valence-electron chi connectivity index (χ3n) is 3.08. The van der Waals surface area contributed by atoms with E-state index in [-0.39, 0.29) is 0 Å². The summed E-state index contributed by atoms with van der Waals surface area (Å²) in [6.07, 6.45) is 6.43. The van der Waals surface area contributed by atoms with E-state index in [1.54, 1.807) is 0 Å². The summed E-state index contributed by atoms with van der Waals surface area (Å²) in [5.41, 5.74) is 3.94. The first-order valence-electron chi connectivity index (χ1n) is 6.05. The summed E-state index contributed by atoms with van der Waals surface area (Å²) in [5.74, 6) is 0. The number of aryl methyl sites for hydroxylation is 1. The molecule has 0 atom stereocenters. The molecule has 0 aliphatic carbocycles. The van der Waals surface area contributed by atoms with Crippen LogP contribution in [-0.4, -0.2) is 0 Å². The number of hydrogen-bond donors (Lipinski definition) is 0. The lowest BCUT2D eigenvalue weighted by molar-refractivity contribution is 1.51. The van der Waals surface area contributed by atoms with Gasteiger partial charge in [-0.25, -0.2) is 0 Å². The molecule has 2 aromatic rings. The minimum Gasteiger partial charge on any atom is -0.0871 e. The van der Waals surface area contributed by atoms with Crippen LogP contribution in [0.4, 0.5) is 0 Å². The highest BCUT2D eigenvalue weighted by Gasteiger charge is 2.05. The van der Waals surface area contributed by atoms with E-state index in [0.717, 1.165) is 0 Å². The normalized spacial score (nSPS) is 12.5. The highest BCUT2D eigenvalue weighted by Crippen LogP contribution is 2.28. The molecule has 0 heterocycles. The zero-order valence-corrected chi connectivity index (χ0v) is 10.7. The molecule has 0 amide bonds. The van der Waals surface area contributed by atoms with Crippen molar-refractivity contribution in [2.24, 2.45) is 0 Å². The highest BCUT2D eigenvalue weighted by molar-refractivity contribution is 5.97. The molecule has 0 spiro atoms. The lowest BCUT2D eigenvalue weighted by atomic mass is 9.95. The Hall–Kier alpha value is -1.82. The summed E-state index contributed by atoms with van der Waals surface area (Å²) in [5, 5.41) is 2.67. The maximum absolute atomic E-state index is 2.20. The molecule has 0 aromatic heterocycles. The van der Waals surface area contributed by atoms with Gasteiger partial charge in [0.05, 0.1) is 0 Å². The molecule has 0 saturated heterocycles. The van der Waals surface area contributed by atoms with Crippen LogP contribution in [-0.2, 0) is 0 Å². The Kier molecular flexibility index (Phi) is 3.43. The fourth-order valence-electron chi connectivity index (χ4n) is 2.29. The van der Waals surface area contributed by atoms with Crippen LogP contribution in [0.1, 0.15) is 25.0 Å². The summed E-state index contributed by atoms with van der Waals surface area (Å²) in [6.45, 7) is 6.32. The van der Waals surface area contributed by atoms with Crippen LogP contribution in [0.15, 0.2) is 54.6 Å². The van der Waals surface area contributed by atoms with Crippen molar-refractivity contribution >= 4 is 16.3 Å². The van der Waals surface area contributed by atoms with Gasteiger partial charge in [-0.2, -0.15) is 0 Å². The van der Waals surface area contributed by atoms with Gasteiger partial charge in [-0.15, -0.1) is 0 Å². The predicted molar refractivity (Wildman–Crippen MR) is 77.2 cm³/mol. The van der Waals surface area contributed by atoms with Crippen LogP contribution in [0.3, 0.4) is 0 Å². The predicted octanol–water partition coefficient (Wildman–Crippen LogP) is 5.13. The molecule has 0 radical (unpaired) electrons. The van der Waals surface area contributed by atoms with Crippen LogP contribution < -0.4 is 0 Å². The molecule has 0 N–H and O–H groups in total. The maximum Gasteiger partial charge on any atom is -0.00762 e. The molecular formula is C17H18. The molecular weight excluding hydrogens is 204 g/mol. The summed E-state index contributed by atoms with van der Waals surface area (Å²) in [6, 6.07) is 13.0. The van der Waals surface area contributed by atoms with Gasteiger partial charge in [-0.05, 0) is 48.2 Å². The lowest BCUT2D eigenvalue weighted by Crippen LogP contribution is -1.87. The van der Waals surface area contributed by atoms with Crippen molar-refractivity contribution in [3.63, 3.8) is 0 Å². The molecule has 0 fully saturated rings. The van der Waals surface area contributed by atoms with Crippen molar-refractivity contribution < 1.29 is 0 Å². The second kappa shape index (κ2) is 5.01. The fourth-order valence-corrected chi connectivity index (χ4v) is 2.29. The van der Waals surface area contributed by atoms with Crippen LogP contribution in [0, 0.1) is 6.92 Å². The minimum atomic E-state index is 1.28. The van der Waals surface area contributed by atoms with Crippen molar-refractivity contribution in [2.75, 3.05) is 0 Å². The Labute approximate surface area is 103 Å². The molecule has 0 bridgehead atoms. The average Bonchev–Trinajstić information content (AvgIpc) is 2.36. The average molecular weight is 222 g/mol. The molecule has 2 rings (SSSR count). The summed E-state index contributed by atoms with van der Waals surface area (Å²) >= 11 is 0. The third kappa shape index (κ3) is 2.16. The molecule has 17 heavy (non-hydrogen) atoms. The second-order valence-corrected chi connectivity index (χ2v) is 4.22. The lowest BCUT2D eigenvalue weighted by Gasteiger charge is -2.10. The zero-order chi connectivity index (χ0) is 12.3. The number of rotatable bonds is 2. The van der Waals surface area contributed by atoms with Crippen molar-refractivity contribution in [1.82, 2.24) is 0 Å². The number of fused-ring (bicyclic) bond motifs is 1. The first kappa shape index (κ1) is 11.7. The van der Waals surface area contributed by atoms with E-state index in [9.17, 15) is 0 Å². The maximum atomic E-state index is 2.20. The van der Waals surface area contributed by atoms with E-state index in [1.165, 1.54) is 27.5 Å².